The number of cyclic esters (lactones) is 1. The number of nitrogens with zero attached hydrogens (tertiary/aromatic N) is 4. The lowest BCUT2D eigenvalue weighted by atomic mass is 9.79. The summed E-state index contributed by atoms with van der Waals surface area (Å²) in [5.41, 5.74) is 0.818. The van der Waals surface area contributed by atoms with Crippen LogP contribution < -0.4 is 5.32 Å². The van der Waals surface area contributed by atoms with Crippen LogP contribution in [0.25, 0.3) is 0 Å². The highest BCUT2D eigenvalue weighted by molar-refractivity contribution is 5.77. The smallest absolute Gasteiger partial charge is 0.411 e. The normalized spacial score (nSPS) is 19.4. The minimum absolute atomic E-state index is 0.140. The number of amides is 3. The fourth-order valence-electron chi connectivity index (χ4n) is 4.66. The number of aromatic nitrogens is 2. The third-order valence-corrected chi connectivity index (χ3v) is 6.23. The standard InChI is InChI=1S/C24H25N5O3/c30-22(26-12-14-27-13-11-25-18-27)28-15-16-29-21(17-28)24(32-23(29)31,19-7-3-1-4-8-19)20-9-5-2-6-10-20/h1-11,13,18,21H,12,14-17H2,(H,26,30). The van der Waals surface area contributed by atoms with Crippen molar-refractivity contribution in [2.75, 3.05) is 26.2 Å². The molecule has 1 aromatic heterocycles. The first-order valence-corrected chi connectivity index (χ1v) is 10.8. The van der Waals surface area contributed by atoms with Crippen molar-refractivity contribution in [2.24, 2.45) is 0 Å². The monoisotopic (exact) mass is 431 g/mol. The maximum Gasteiger partial charge on any atom is 0.411 e. The highest BCUT2D eigenvalue weighted by Crippen LogP contribution is 2.45. The Balaban J connectivity index is 1.41. The second-order valence-corrected chi connectivity index (χ2v) is 8.02. The Kier molecular flexibility index (Phi) is 5.26. The lowest BCUT2D eigenvalue weighted by Crippen LogP contribution is -2.60. The summed E-state index contributed by atoms with van der Waals surface area (Å²) >= 11 is 0. The molecule has 1 atom stereocenters. The van der Waals surface area contributed by atoms with Crippen molar-refractivity contribution in [1.82, 2.24) is 24.7 Å². The van der Waals surface area contributed by atoms with E-state index >= 15 is 0 Å². The zero-order chi connectivity index (χ0) is 22.0. The molecule has 164 valence electrons. The summed E-state index contributed by atoms with van der Waals surface area (Å²) in [4.78, 5) is 33.4. The molecule has 0 aliphatic carbocycles. The fourth-order valence-corrected chi connectivity index (χ4v) is 4.66. The second kappa shape index (κ2) is 8.37. The molecule has 8 heteroatoms. The van der Waals surface area contributed by atoms with Gasteiger partial charge in [-0.3, -0.25) is 4.90 Å². The first-order valence-electron chi connectivity index (χ1n) is 10.8. The van der Waals surface area contributed by atoms with Gasteiger partial charge in [-0.25, -0.2) is 14.6 Å². The molecule has 0 saturated carbocycles. The summed E-state index contributed by atoms with van der Waals surface area (Å²) in [5.74, 6) is 0. The molecule has 2 aliphatic rings. The summed E-state index contributed by atoms with van der Waals surface area (Å²) in [6, 6.07) is 19.1. The highest BCUT2D eigenvalue weighted by atomic mass is 16.6. The summed E-state index contributed by atoms with van der Waals surface area (Å²) in [6.45, 7) is 2.42. The molecule has 5 rings (SSSR count). The van der Waals surface area contributed by atoms with E-state index in [4.69, 9.17) is 4.74 Å². The SMILES string of the molecule is O=C(NCCn1ccnc1)N1CCN2C(=O)OC(c3ccccc3)(c3ccccc3)C2C1. The first kappa shape index (κ1) is 20.1. The Morgan fingerprint density at radius 1 is 1.06 bits per heavy atom. The van der Waals surface area contributed by atoms with E-state index < -0.39 is 5.60 Å². The van der Waals surface area contributed by atoms with E-state index in [1.165, 1.54) is 0 Å². The largest absolute Gasteiger partial charge is 0.431 e. The van der Waals surface area contributed by atoms with Crippen LogP contribution in [-0.4, -0.2) is 63.7 Å². The van der Waals surface area contributed by atoms with Crippen LogP contribution in [0.15, 0.2) is 79.4 Å². The molecule has 1 N–H and O–H groups in total. The lowest BCUT2D eigenvalue weighted by molar-refractivity contribution is 0.0512. The van der Waals surface area contributed by atoms with Crippen LogP contribution in [0.2, 0.25) is 0 Å². The highest BCUT2D eigenvalue weighted by Gasteiger charge is 2.58. The molecular weight excluding hydrogens is 406 g/mol. The average molecular weight is 431 g/mol. The van der Waals surface area contributed by atoms with Gasteiger partial charge in [-0.2, -0.15) is 0 Å². The lowest BCUT2D eigenvalue weighted by Gasteiger charge is -2.42. The van der Waals surface area contributed by atoms with E-state index in [1.807, 2.05) is 71.4 Å². The van der Waals surface area contributed by atoms with Crippen LogP contribution in [0, 0.1) is 0 Å². The predicted octanol–water partition coefficient (Wildman–Crippen LogP) is 2.67. The van der Waals surface area contributed by atoms with Crippen molar-refractivity contribution < 1.29 is 14.3 Å². The Hall–Kier alpha value is -3.81. The minimum atomic E-state index is -0.977. The van der Waals surface area contributed by atoms with Crippen molar-refractivity contribution in [3.05, 3.63) is 90.5 Å². The van der Waals surface area contributed by atoms with Crippen molar-refractivity contribution in [1.29, 1.82) is 0 Å². The number of carbonyl (C=O) groups excluding carboxylic acids is 2. The van der Waals surface area contributed by atoms with Gasteiger partial charge in [0.15, 0.2) is 5.60 Å². The maximum absolute atomic E-state index is 12.9. The van der Waals surface area contributed by atoms with Gasteiger partial charge >= 0.3 is 12.1 Å². The van der Waals surface area contributed by atoms with Crippen LogP contribution in [0.5, 0.6) is 0 Å². The first-order chi connectivity index (χ1) is 15.7. The van der Waals surface area contributed by atoms with Gasteiger partial charge in [0.2, 0.25) is 0 Å². The Bertz CT molecular complexity index is 1030. The second-order valence-electron chi connectivity index (χ2n) is 8.02. The molecule has 2 fully saturated rings. The minimum Gasteiger partial charge on any atom is -0.431 e. The van der Waals surface area contributed by atoms with E-state index in [2.05, 4.69) is 10.3 Å². The Morgan fingerprint density at radius 2 is 1.75 bits per heavy atom. The number of hydrogen-bond donors (Lipinski definition) is 1. The Labute approximate surface area is 186 Å². The zero-order valence-corrected chi connectivity index (χ0v) is 17.6. The summed E-state index contributed by atoms with van der Waals surface area (Å²) in [5, 5.41) is 2.98. The number of fused-ring (bicyclic) bond motifs is 1. The van der Waals surface area contributed by atoms with Gasteiger partial charge in [0.05, 0.1) is 6.33 Å². The number of nitrogens with one attached hydrogen (secondary N) is 1. The third-order valence-electron chi connectivity index (χ3n) is 6.23. The number of piperazine rings is 1. The van der Waals surface area contributed by atoms with E-state index in [0.717, 1.165) is 11.1 Å². The number of carbonyl (C=O) groups is 2. The summed E-state index contributed by atoms with van der Waals surface area (Å²) in [7, 11) is 0. The molecular formula is C24H25N5O3. The number of rotatable bonds is 5. The number of imidazole rings is 1. The molecule has 0 bridgehead atoms. The number of urea groups is 1. The molecule has 8 nitrogen and oxygen atoms in total. The average Bonchev–Trinajstić information content (AvgIpc) is 3.46. The zero-order valence-electron chi connectivity index (χ0n) is 17.6. The van der Waals surface area contributed by atoms with E-state index in [9.17, 15) is 9.59 Å². The van der Waals surface area contributed by atoms with Crippen molar-refractivity contribution in [2.45, 2.75) is 18.2 Å². The van der Waals surface area contributed by atoms with Crippen LogP contribution >= 0.6 is 0 Å². The van der Waals surface area contributed by atoms with Gasteiger partial charge in [-0.05, 0) is 0 Å². The van der Waals surface area contributed by atoms with Crippen molar-refractivity contribution in [3.8, 4) is 0 Å². The van der Waals surface area contributed by atoms with E-state index in [0.29, 0.717) is 32.7 Å². The van der Waals surface area contributed by atoms with Gasteiger partial charge in [-0.1, -0.05) is 60.7 Å². The van der Waals surface area contributed by atoms with Crippen LogP contribution in [0.1, 0.15) is 11.1 Å². The van der Waals surface area contributed by atoms with Crippen molar-refractivity contribution in [3.63, 3.8) is 0 Å². The quantitative estimate of drug-likeness (QED) is 0.674. The molecule has 2 saturated heterocycles. The Morgan fingerprint density at radius 3 is 2.38 bits per heavy atom. The van der Waals surface area contributed by atoms with Crippen molar-refractivity contribution >= 4 is 12.1 Å². The van der Waals surface area contributed by atoms with Gasteiger partial charge < -0.3 is 19.5 Å². The van der Waals surface area contributed by atoms with Gasteiger partial charge in [-0.15, -0.1) is 0 Å². The number of hydrogen-bond acceptors (Lipinski definition) is 4. The molecule has 3 aromatic rings. The van der Waals surface area contributed by atoms with Crippen LogP contribution in [0.4, 0.5) is 9.59 Å². The molecule has 2 aliphatic heterocycles. The molecule has 2 aromatic carbocycles. The van der Waals surface area contributed by atoms with Gasteiger partial charge in [0.25, 0.3) is 0 Å². The molecule has 3 amide bonds. The molecule has 32 heavy (non-hydrogen) atoms. The van der Waals surface area contributed by atoms with Crippen LogP contribution in [-0.2, 0) is 16.9 Å². The number of ether oxygens (including phenoxy) is 1. The van der Waals surface area contributed by atoms with Gasteiger partial charge in [0, 0.05) is 56.2 Å². The van der Waals surface area contributed by atoms with E-state index in [-0.39, 0.29) is 18.2 Å². The summed E-state index contributed by atoms with van der Waals surface area (Å²) in [6.07, 6.45) is 4.95. The molecule has 0 radical (unpaired) electrons. The molecule has 0 spiro atoms. The predicted molar refractivity (Wildman–Crippen MR) is 118 cm³/mol. The molecule has 1 unspecified atom stereocenters. The summed E-state index contributed by atoms with van der Waals surface area (Å²) < 4.78 is 8.06. The third kappa shape index (κ3) is 3.47. The van der Waals surface area contributed by atoms with Crippen LogP contribution in [0.3, 0.4) is 0 Å². The molecule has 3 heterocycles. The fraction of sp³-hybridized carbons (Fsp3) is 0.292. The number of benzene rings is 2. The maximum atomic E-state index is 12.9. The van der Waals surface area contributed by atoms with E-state index in [1.54, 1.807) is 22.3 Å². The van der Waals surface area contributed by atoms with Gasteiger partial charge in [0.1, 0.15) is 6.04 Å². The topological polar surface area (TPSA) is 79.7 Å².